The zero-order valence-corrected chi connectivity index (χ0v) is 19.2. The van der Waals surface area contributed by atoms with Crippen LogP contribution in [-0.4, -0.2) is 71.9 Å². The van der Waals surface area contributed by atoms with Crippen LogP contribution in [0, 0.1) is 0 Å². The minimum absolute atomic E-state index is 0.0283. The summed E-state index contributed by atoms with van der Waals surface area (Å²) in [6.07, 6.45) is 0. The molecular weight excluding hydrogens is 470 g/mol. The van der Waals surface area contributed by atoms with Crippen LogP contribution in [0.1, 0.15) is 13.8 Å². The summed E-state index contributed by atoms with van der Waals surface area (Å²) in [5, 5.41) is 19.7. The van der Waals surface area contributed by atoms with Gasteiger partial charge in [0.15, 0.2) is 6.04 Å². The van der Waals surface area contributed by atoms with Crippen LogP contribution < -0.4 is 5.32 Å². The molecule has 2 aliphatic heterocycles. The molecule has 0 bridgehead atoms. The summed E-state index contributed by atoms with van der Waals surface area (Å²) in [4.78, 5) is 49.7. The van der Waals surface area contributed by atoms with E-state index in [0.717, 1.165) is 16.8 Å². The van der Waals surface area contributed by atoms with Crippen LogP contribution in [0.4, 0.5) is 0 Å². The lowest BCUT2D eigenvalue weighted by Crippen LogP contribution is -2.70. The molecule has 1 aromatic heterocycles. The van der Waals surface area contributed by atoms with E-state index in [2.05, 4.69) is 15.5 Å². The van der Waals surface area contributed by atoms with Crippen molar-refractivity contribution < 1.29 is 28.7 Å². The molecule has 4 rings (SSSR count). The van der Waals surface area contributed by atoms with Crippen LogP contribution in [0.3, 0.4) is 0 Å². The van der Waals surface area contributed by atoms with Crippen LogP contribution in [0.25, 0.3) is 11.5 Å². The van der Waals surface area contributed by atoms with E-state index in [0.29, 0.717) is 16.9 Å². The van der Waals surface area contributed by atoms with Gasteiger partial charge in [0.05, 0.1) is 11.9 Å². The zero-order valence-electron chi connectivity index (χ0n) is 17.5. The number of hydrogen-bond acceptors (Lipinski definition) is 9. The number of β-lactam (4-membered cyclic amide) rings is 1. The first-order chi connectivity index (χ1) is 15.8. The first-order valence-corrected chi connectivity index (χ1v) is 11.6. The van der Waals surface area contributed by atoms with Crippen LogP contribution in [-0.2, 0) is 19.2 Å². The second kappa shape index (κ2) is 9.27. The Bertz CT molecular complexity index is 1150. The molecule has 1 unspecified atom stereocenters. The quantitative estimate of drug-likeness (QED) is 0.432. The molecule has 33 heavy (non-hydrogen) atoms. The Morgan fingerprint density at radius 1 is 1.27 bits per heavy atom. The lowest BCUT2D eigenvalue weighted by molar-refractivity contribution is -0.154. The molecule has 0 saturated carbocycles. The third-order valence-corrected chi connectivity index (χ3v) is 7.27. The van der Waals surface area contributed by atoms with Gasteiger partial charge in [-0.3, -0.25) is 23.6 Å². The summed E-state index contributed by atoms with van der Waals surface area (Å²) in [5.74, 6) is -1.95. The maximum absolute atomic E-state index is 13.0. The van der Waals surface area contributed by atoms with Gasteiger partial charge in [-0.25, -0.2) is 4.79 Å². The molecule has 2 aromatic rings. The van der Waals surface area contributed by atoms with Gasteiger partial charge >= 0.3 is 5.97 Å². The number of carboxylic acid groups (broad SMARTS) is 1. The average Bonchev–Trinajstić information content (AvgIpc) is 3.25. The summed E-state index contributed by atoms with van der Waals surface area (Å²) >= 11 is 2.17. The molecule has 1 saturated heterocycles. The van der Waals surface area contributed by atoms with Gasteiger partial charge in [-0.15, -0.1) is 16.9 Å². The number of carboxylic acids is 1. The number of aromatic nitrogens is 2. The number of aliphatic carboxylic acids is 1. The third kappa shape index (κ3) is 4.46. The fraction of sp³-hybridized carbons (Fsp3) is 0.300. The summed E-state index contributed by atoms with van der Waals surface area (Å²) in [6, 6.07) is 8.20. The average molecular weight is 490 g/mol. The SMILES string of the molecule is CC(=O)NCC1=C(C(=O)O)N2C(=O)C(N(Sc3nnc(-c4ccccc4)o3)C(C)=O)[C@@H]2SC1. The van der Waals surface area contributed by atoms with E-state index < -0.39 is 29.2 Å². The van der Waals surface area contributed by atoms with Gasteiger partial charge in [0.2, 0.25) is 17.7 Å². The number of nitrogens with one attached hydrogen (secondary N) is 1. The number of rotatable bonds is 7. The first-order valence-electron chi connectivity index (χ1n) is 9.79. The van der Waals surface area contributed by atoms with Crippen LogP contribution in [0.15, 0.2) is 51.2 Å². The maximum atomic E-state index is 13.0. The van der Waals surface area contributed by atoms with Gasteiger partial charge < -0.3 is 14.8 Å². The van der Waals surface area contributed by atoms with Crippen molar-refractivity contribution >= 4 is 47.4 Å². The smallest absolute Gasteiger partial charge is 0.352 e. The number of carbonyl (C=O) groups is 4. The Kier molecular flexibility index (Phi) is 6.42. The normalized spacial score (nSPS) is 19.6. The van der Waals surface area contributed by atoms with Gasteiger partial charge in [-0.2, -0.15) is 0 Å². The largest absolute Gasteiger partial charge is 0.477 e. The molecule has 1 fully saturated rings. The first kappa shape index (κ1) is 22.9. The Labute approximate surface area is 196 Å². The second-order valence-electron chi connectivity index (χ2n) is 7.20. The van der Waals surface area contributed by atoms with Crippen molar-refractivity contribution in [1.29, 1.82) is 0 Å². The lowest BCUT2D eigenvalue weighted by Gasteiger charge is -2.51. The van der Waals surface area contributed by atoms with Crippen LogP contribution in [0.5, 0.6) is 0 Å². The molecule has 1 aromatic carbocycles. The van der Waals surface area contributed by atoms with E-state index in [1.807, 2.05) is 18.2 Å². The van der Waals surface area contributed by atoms with Crippen molar-refractivity contribution in [2.75, 3.05) is 12.3 Å². The Hall–Kier alpha value is -3.32. The van der Waals surface area contributed by atoms with E-state index in [4.69, 9.17) is 4.42 Å². The number of hydrogen-bond donors (Lipinski definition) is 2. The molecule has 172 valence electrons. The van der Waals surface area contributed by atoms with Crippen LogP contribution in [0.2, 0.25) is 0 Å². The predicted molar refractivity (Wildman–Crippen MR) is 118 cm³/mol. The Morgan fingerprint density at radius 3 is 2.64 bits per heavy atom. The number of thioether (sulfide) groups is 1. The maximum Gasteiger partial charge on any atom is 0.352 e. The van der Waals surface area contributed by atoms with E-state index in [1.165, 1.54) is 29.9 Å². The second-order valence-corrected chi connectivity index (χ2v) is 9.23. The van der Waals surface area contributed by atoms with E-state index in [1.54, 1.807) is 12.1 Å². The van der Waals surface area contributed by atoms with Gasteiger partial charge in [0.1, 0.15) is 11.1 Å². The highest BCUT2D eigenvalue weighted by molar-refractivity contribution is 8.00. The molecule has 0 aliphatic carbocycles. The molecule has 0 spiro atoms. The molecule has 11 nitrogen and oxygen atoms in total. The van der Waals surface area contributed by atoms with Gasteiger partial charge in [-0.1, -0.05) is 23.3 Å². The molecule has 3 heterocycles. The summed E-state index contributed by atoms with van der Waals surface area (Å²) in [5.41, 5.74) is 0.978. The number of nitrogens with zero attached hydrogens (tertiary/aromatic N) is 4. The number of fused-ring (bicyclic) bond motifs is 1. The highest BCUT2D eigenvalue weighted by Crippen LogP contribution is 2.44. The van der Waals surface area contributed by atoms with Gasteiger partial charge in [0.25, 0.3) is 11.1 Å². The van der Waals surface area contributed by atoms with Crippen molar-refractivity contribution in [3.05, 3.63) is 41.6 Å². The Morgan fingerprint density at radius 2 is 2.00 bits per heavy atom. The van der Waals surface area contributed by atoms with Crippen molar-refractivity contribution in [2.45, 2.75) is 30.5 Å². The molecule has 3 amide bonds. The van der Waals surface area contributed by atoms with Crippen molar-refractivity contribution in [2.24, 2.45) is 0 Å². The van der Waals surface area contributed by atoms with Gasteiger partial charge in [-0.05, 0) is 17.7 Å². The minimum atomic E-state index is -1.26. The monoisotopic (exact) mass is 489 g/mol. The molecule has 0 radical (unpaired) electrons. The number of benzene rings is 1. The summed E-state index contributed by atoms with van der Waals surface area (Å²) in [7, 11) is 0. The highest BCUT2D eigenvalue weighted by Gasteiger charge is 2.57. The van der Waals surface area contributed by atoms with Crippen molar-refractivity contribution in [1.82, 2.24) is 24.7 Å². The molecular formula is C20H19N5O6S2. The third-order valence-electron chi connectivity index (χ3n) is 4.94. The standard InChI is InChI=1S/C20H19N5O6S2/c1-10(26)21-8-13-9-32-18-15(17(28)24(18)14(13)19(29)30)25(11(2)27)33-20-23-22-16(31-20)12-6-4-3-5-7-12/h3-7,15,18H,8-9H2,1-2H3,(H,21,26)(H,29,30)/t15?,18-/m0/s1. The highest BCUT2D eigenvalue weighted by atomic mass is 32.2. The van der Waals surface area contributed by atoms with Crippen LogP contribution >= 0.6 is 23.7 Å². The fourth-order valence-corrected chi connectivity index (χ4v) is 5.73. The summed E-state index contributed by atoms with van der Waals surface area (Å²) in [6.45, 7) is 2.66. The zero-order chi connectivity index (χ0) is 23.7. The number of carbonyl (C=O) groups excluding carboxylic acids is 3. The topological polar surface area (TPSA) is 146 Å². The van der Waals surface area contributed by atoms with E-state index >= 15 is 0 Å². The Balaban J connectivity index is 1.54. The summed E-state index contributed by atoms with van der Waals surface area (Å²) < 4.78 is 6.88. The molecule has 2 atom stereocenters. The van der Waals surface area contributed by atoms with Crippen molar-refractivity contribution in [3.8, 4) is 11.5 Å². The van der Waals surface area contributed by atoms with E-state index in [9.17, 15) is 24.3 Å². The van der Waals surface area contributed by atoms with Crippen molar-refractivity contribution in [3.63, 3.8) is 0 Å². The van der Waals surface area contributed by atoms with E-state index in [-0.39, 0.29) is 29.3 Å². The molecule has 2 N–H and O–H groups in total. The molecule has 13 heteroatoms. The molecule has 2 aliphatic rings. The predicted octanol–water partition coefficient (Wildman–Crippen LogP) is 1.35. The number of amides is 3. The minimum Gasteiger partial charge on any atom is -0.477 e. The lowest BCUT2D eigenvalue weighted by atomic mass is 10.0. The fourth-order valence-electron chi connectivity index (χ4n) is 3.46. The van der Waals surface area contributed by atoms with Gasteiger partial charge in [0, 0.05) is 31.7 Å².